The predicted octanol–water partition coefficient (Wildman–Crippen LogP) is 3.75. The summed E-state index contributed by atoms with van der Waals surface area (Å²) in [6.45, 7) is 0. The third-order valence-electron chi connectivity index (χ3n) is 7.33. The monoisotopic (exact) mass is 525 g/mol. The highest BCUT2D eigenvalue weighted by Gasteiger charge is 2.23. The van der Waals surface area contributed by atoms with Gasteiger partial charge >= 0.3 is 0 Å². The minimum Gasteiger partial charge on any atom is -0.366 e. The Morgan fingerprint density at radius 3 is 2.49 bits per heavy atom. The molecule has 4 aromatic rings. The SMILES string of the molecule is Cn1cc(-c2cccc(C(N)=O)c2-c2nc(CCCC(=O)NC3CCC(N)CC3)cn2-c2ccccc2)cn1. The Hall–Kier alpha value is -4.24. The van der Waals surface area contributed by atoms with Crippen molar-refractivity contribution in [2.75, 3.05) is 0 Å². The van der Waals surface area contributed by atoms with E-state index in [4.69, 9.17) is 16.5 Å². The largest absolute Gasteiger partial charge is 0.366 e. The van der Waals surface area contributed by atoms with Gasteiger partial charge in [-0.25, -0.2) is 4.98 Å². The summed E-state index contributed by atoms with van der Waals surface area (Å²) in [6, 6.07) is 15.8. The van der Waals surface area contributed by atoms with Gasteiger partial charge in [0.2, 0.25) is 11.8 Å². The van der Waals surface area contributed by atoms with Gasteiger partial charge in [0, 0.05) is 54.8 Å². The fraction of sp³-hybridized carbons (Fsp3) is 0.333. The van der Waals surface area contributed by atoms with E-state index in [1.807, 2.05) is 66.5 Å². The molecule has 202 valence electrons. The summed E-state index contributed by atoms with van der Waals surface area (Å²) in [4.78, 5) is 30.2. The van der Waals surface area contributed by atoms with Crippen LogP contribution in [-0.2, 0) is 18.3 Å². The lowest BCUT2D eigenvalue weighted by Crippen LogP contribution is -2.40. The maximum absolute atomic E-state index is 12.6. The number of hydrogen-bond acceptors (Lipinski definition) is 5. The van der Waals surface area contributed by atoms with Gasteiger partial charge < -0.3 is 16.8 Å². The van der Waals surface area contributed by atoms with Crippen LogP contribution in [0.2, 0.25) is 0 Å². The maximum atomic E-state index is 12.6. The number of aromatic nitrogens is 4. The van der Waals surface area contributed by atoms with E-state index < -0.39 is 5.91 Å². The van der Waals surface area contributed by atoms with Crippen LogP contribution in [0.3, 0.4) is 0 Å². The molecule has 9 heteroatoms. The molecule has 1 saturated carbocycles. The van der Waals surface area contributed by atoms with E-state index in [1.54, 1.807) is 16.9 Å². The molecule has 39 heavy (non-hydrogen) atoms. The topological polar surface area (TPSA) is 134 Å². The number of imidazole rings is 1. The lowest BCUT2D eigenvalue weighted by Gasteiger charge is -2.26. The first kappa shape index (κ1) is 26.4. The zero-order chi connectivity index (χ0) is 27.4. The van der Waals surface area contributed by atoms with Crippen molar-refractivity contribution in [1.29, 1.82) is 0 Å². The molecule has 0 bridgehead atoms. The Morgan fingerprint density at radius 1 is 1.03 bits per heavy atom. The van der Waals surface area contributed by atoms with Crippen molar-refractivity contribution in [1.82, 2.24) is 24.6 Å². The molecule has 0 atom stereocenters. The number of hydrogen-bond donors (Lipinski definition) is 3. The van der Waals surface area contributed by atoms with Crippen molar-refractivity contribution in [3.63, 3.8) is 0 Å². The normalized spacial score (nSPS) is 17.2. The lowest BCUT2D eigenvalue weighted by molar-refractivity contribution is -0.122. The summed E-state index contributed by atoms with van der Waals surface area (Å²) < 4.78 is 3.71. The third-order valence-corrected chi connectivity index (χ3v) is 7.33. The quantitative estimate of drug-likeness (QED) is 0.306. The molecular formula is C30H35N7O2. The van der Waals surface area contributed by atoms with Gasteiger partial charge in [-0.15, -0.1) is 0 Å². The third kappa shape index (κ3) is 6.09. The van der Waals surface area contributed by atoms with E-state index >= 15 is 0 Å². The number of nitrogens with one attached hydrogen (secondary N) is 1. The molecule has 0 aliphatic heterocycles. The van der Waals surface area contributed by atoms with E-state index in [2.05, 4.69) is 10.4 Å². The smallest absolute Gasteiger partial charge is 0.249 e. The van der Waals surface area contributed by atoms with Crippen LogP contribution in [0.4, 0.5) is 0 Å². The highest BCUT2D eigenvalue weighted by Crippen LogP contribution is 2.36. The Morgan fingerprint density at radius 2 is 1.79 bits per heavy atom. The Kier molecular flexibility index (Phi) is 7.88. The fourth-order valence-corrected chi connectivity index (χ4v) is 5.30. The van der Waals surface area contributed by atoms with E-state index in [0.717, 1.165) is 48.2 Å². The molecule has 1 aliphatic rings. The Labute approximate surface area is 228 Å². The summed E-state index contributed by atoms with van der Waals surface area (Å²) >= 11 is 0. The zero-order valence-corrected chi connectivity index (χ0v) is 22.2. The lowest BCUT2D eigenvalue weighted by atomic mass is 9.92. The van der Waals surface area contributed by atoms with Gasteiger partial charge in [0.15, 0.2) is 0 Å². The van der Waals surface area contributed by atoms with Crippen molar-refractivity contribution in [3.05, 3.63) is 78.4 Å². The molecule has 5 rings (SSSR count). The van der Waals surface area contributed by atoms with Crippen LogP contribution in [0.1, 0.15) is 54.6 Å². The van der Waals surface area contributed by atoms with Gasteiger partial charge in [-0.2, -0.15) is 5.10 Å². The molecular weight excluding hydrogens is 490 g/mol. The number of para-hydroxylation sites is 1. The Balaban J connectivity index is 1.44. The van der Waals surface area contributed by atoms with E-state index in [-0.39, 0.29) is 18.0 Å². The molecule has 2 amide bonds. The number of amides is 2. The molecule has 0 unspecified atom stereocenters. The van der Waals surface area contributed by atoms with Crippen molar-refractivity contribution >= 4 is 11.8 Å². The zero-order valence-electron chi connectivity index (χ0n) is 22.2. The molecule has 2 heterocycles. The second-order valence-electron chi connectivity index (χ2n) is 10.3. The Bertz CT molecular complexity index is 1450. The minimum absolute atomic E-state index is 0.0659. The van der Waals surface area contributed by atoms with E-state index in [1.165, 1.54) is 0 Å². The van der Waals surface area contributed by atoms with Crippen molar-refractivity contribution in [2.24, 2.45) is 18.5 Å². The van der Waals surface area contributed by atoms with Gasteiger partial charge in [0.05, 0.1) is 17.5 Å². The summed E-state index contributed by atoms with van der Waals surface area (Å²) in [5.74, 6) is 0.156. The number of nitrogens with two attached hydrogens (primary N) is 2. The summed E-state index contributed by atoms with van der Waals surface area (Å²) in [5, 5.41) is 7.48. The molecule has 1 fully saturated rings. The first-order chi connectivity index (χ1) is 18.9. The van der Waals surface area contributed by atoms with Crippen LogP contribution < -0.4 is 16.8 Å². The number of primary amides is 1. The van der Waals surface area contributed by atoms with Gasteiger partial charge in [-0.05, 0) is 62.3 Å². The molecule has 0 radical (unpaired) electrons. The highest BCUT2D eigenvalue weighted by atomic mass is 16.2. The number of aryl methyl sites for hydroxylation is 2. The van der Waals surface area contributed by atoms with E-state index in [0.29, 0.717) is 36.2 Å². The molecule has 2 aromatic heterocycles. The molecule has 2 aromatic carbocycles. The fourth-order valence-electron chi connectivity index (χ4n) is 5.30. The first-order valence-electron chi connectivity index (χ1n) is 13.5. The standard InChI is InChI=1S/C30H35N7O2/c1-36-18-20(17-33-36)25-10-6-11-26(29(32)39)28(25)30-35-23(19-37(30)24-8-3-2-4-9-24)7-5-12-27(38)34-22-15-13-21(31)14-16-22/h2-4,6,8-11,17-19,21-22H,5,7,12-16,31H2,1H3,(H2,32,39)(H,34,38). The molecule has 1 aliphatic carbocycles. The average Bonchev–Trinajstić information content (AvgIpc) is 3.56. The second-order valence-corrected chi connectivity index (χ2v) is 10.3. The molecule has 5 N–H and O–H groups in total. The summed E-state index contributed by atoms with van der Waals surface area (Å²) in [5.41, 5.74) is 16.3. The molecule has 0 spiro atoms. The highest BCUT2D eigenvalue weighted by molar-refractivity contribution is 6.03. The summed E-state index contributed by atoms with van der Waals surface area (Å²) in [7, 11) is 1.85. The van der Waals surface area contributed by atoms with Crippen molar-refractivity contribution in [3.8, 4) is 28.2 Å². The van der Waals surface area contributed by atoms with Gasteiger partial charge in [-0.3, -0.25) is 18.8 Å². The predicted molar refractivity (Wildman–Crippen MR) is 151 cm³/mol. The van der Waals surface area contributed by atoms with Crippen LogP contribution in [0.15, 0.2) is 67.1 Å². The molecule has 0 saturated heterocycles. The number of benzene rings is 2. The van der Waals surface area contributed by atoms with Crippen LogP contribution in [-0.4, -0.2) is 43.2 Å². The molecule has 9 nitrogen and oxygen atoms in total. The van der Waals surface area contributed by atoms with Crippen LogP contribution in [0.5, 0.6) is 0 Å². The number of rotatable bonds is 9. The van der Waals surface area contributed by atoms with Gasteiger partial charge in [0.1, 0.15) is 5.82 Å². The first-order valence-corrected chi connectivity index (χ1v) is 13.5. The average molecular weight is 526 g/mol. The van der Waals surface area contributed by atoms with Crippen LogP contribution >= 0.6 is 0 Å². The van der Waals surface area contributed by atoms with E-state index in [9.17, 15) is 9.59 Å². The number of carbonyl (C=O) groups is 2. The number of nitrogens with zero attached hydrogens (tertiary/aromatic N) is 4. The van der Waals surface area contributed by atoms with Crippen molar-refractivity contribution < 1.29 is 9.59 Å². The second kappa shape index (κ2) is 11.7. The van der Waals surface area contributed by atoms with Gasteiger partial charge in [-0.1, -0.05) is 30.3 Å². The van der Waals surface area contributed by atoms with Gasteiger partial charge in [0.25, 0.3) is 0 Å². The minimum atomic E-state index is -0.528. The number of carbonyl (C=O) groups excluding carboxylic acids is 2. The van der Waals surface area contributed by atoms with Crippen LogP contribution in [0, 0.1) is 0 Å². The van der Waals surface area contributed by atoms with Crippen molar-refractivity contribution in [2.45, 2.75) is 57.0 Å². The van der Waals surface area contributed by atoms with Crippen LogP contribution in [0.25, 0.3) is 28.2 Å². The summed E-state index contributed by atoms with van der Waals surface area (Å²) in [6.07, 6.45) is 11.2. The maximum Gasteiger partial charge on any atom is 0.249 e.